The Labute approximate surface area is 122 Å². The molecule has 0 spiro atoms. The predicted octanol–water partition coefficient (Wildman–Crippen LogP) is 4.37. The topological polar surface area (TPSA) is 21.3 Å². The van der Waals surface area contributed by atoms with Crippen LogP contribution in [0.2, 0.25) is 0 Å². The van der Waals surface area contributed by atoms with Gasteiger partial charge in [0, 0.05) is 18.5 Å². The van der Waals surface area contributed by atoms with E-state index in [-0.39, 0.29) is 0 Å². The van der Waals surface area contributed by atoms with Gasteiger partial charge in [-0.3, -0.25) is 0 Å². The third kappa shape index (κ3) is 3.31. The number of nitrogens with one attached hydrogen (secondary N) is 1. The second kappa shape index (κ2) is 6.27. The molecular formula is C18H25NO. The number of methoxy groups -OCH3 is 1. The predicted molar refractivity (Wildman–Crippen MR) is 86.3 cm³/mol. The highest BCUT2D eigenvalue weighted by molar-refractivity contribution is 5.91. The highest BCUT2D eigenvalue weighted by Gasteiger charge is 2.14. The number of ether oxygens (including phenoxy) is 1. The molecule has 0 aliphatic heterocycles. The molecule has 0 atom stereocenters. The van der Waals surface area contributed by atoms with Crippen molar-refractivity contribution in [1.29, 1.82) is 0 Å². The first-order valence-electron chi connectivity index (χ1n) is 7.33. The molecule has 0 saturated carbocycles. The van der Waals surface area contributed by atoms with E-state index in [2.05, 4.69) is 62.5 Å². The average Bonchev–Trinajstić information content (AvgIpc) is 2.47. The van der Waals surface area contributed by atoms with Crippen LogP contribution in [0.25, 0.3) is 10.8 Å². The number of hydrogen-bond donors (Lipinski definition) is 1. The Balaban J connectivity index is 2.19. The molecule has 0 radical (unpaired) electrons. The molecule has 0 saturated heterocycles. The maximum atomic E-state index is 5.44. The fourth-order valence-corrected chi connectivity index (χ4v) is 2.33. The Morgan fingerprint density at radius 1 is 1.05 bits per heavy atom. The lowest BCUT2D eigenvalue weighted by molar-refractivity contribution is 0.328. The maximum Gasteiger partial charge on any atom is 0.126 e. The molecule has 2 nitrogen and oxygen atoms in total. The Hall–Kier alpha value is -1.54. The Morgan fingerprint density at radius 3 is 2.40 bits per heavy atom. The standard InChI is InChI=1S/C18H25NO/c1-5-18(2,3)13-19-12-14-10-11-17(20-4)16-9-7-6-8-15(14)16/h6-11,19H,5,12-13H2,1-4H3. The maximum absolute atomic E-state index is 5.44. The van der Waals surface area contributed by atoms with Gasteiger partial charge in [0.2, 0.25) is 0 Å². The van der Waals surface area contributed by atoms with Crippen molar-refractivity contribution >= 4 is 10.8 Å². The summed E-state index contributed by atoms with van der Waals surface area (Å²) in [6.45, 7) is 8.76. The second-order valence-corrected chi connectivity index (χ2v) is 6.09. The molecule has 0 heterocycles. The fourth-order valence-electron chi connectivity index (χ4n) is 2.33. The van der Waals surface area contributed by atoms with E-state index in [1.54, 1.807) is 7.11 Å². The van der Waals surface area contributed by atoms with Gasteiger partial charge in [0.1, 0.15) is 5.75 Å². The Bertz CT molecular complexity index is 575. The van der Waals surface area contributed by atoms with E-state index >= 15 is 0 Å². The van der Waals surface area contributed by atoms with E-state index in [1.807, 2.05) is 0 Å². The molecule has 0 fully saturated rings. The monoisotopic (exact) mass is 271 g/mol. The van der Waals surface area contributed by atoms with Crippen LogP contribution in [0.3, 0.4) is 0 Å². The third-order valence-electron chi connectivity index (χ3n) is 4.07. The molecule has 108 valence electrons. The van der Waals surface area contributed by atoms with Gasteiger partial charge in [0.25, 0.3) is 0 Å². The van der Waals surface area contributed by atoms with Gasteiger partial charge < -0.3 is 10.1 Å². The van der Waals surface area contributed by atoms with Crippen LogP contribution in [-0.4, -0.2) is 13.7 Å². The lowest BCUT2D eigenvalue weighted by Gasteiger charge is -2.23. The van der Waals surface area contributed by atoms with Crippen molar-refractivity contribution in [3.63, 3.8) is 0 Å². The van der Waals surface area contributed by atoms with Crippen molar-refractivity contribution in [1.82, 2.24) is 5.32 Å². The van der Waals surface area contributed by atoms with Crippen LogP contribution in [0.15, 0.2) is 36.4 Å². The first-order valence-corrected chi connectivity index (χ1v) is 7.33. The van der Waals surface area contributed by atoms with Crippen molar-refractivity contribution in [2.75, 3.05) is 13.7 Å². The summed E-state index contributed by atoms with van der Waals surface area (Å²) in [6, 6.07) is 12.6. The fraction of sp³-hybridized carbons (Fsp3) is 0.444. The van der Waals surface area contributed by atoms with Gasteiger partial charge in [-0.1, -0.05) is 51.1 Å². The highest BCUT2D eigenvalue weighted by Crippen LogP contribution is 2.28. The van der Waals surface area contributed by atoms with Crippen molar-refractivity contribution in [2.45, 2.75) is 33.7 Å². The normalized spacial score (nSPS) is 11.8. The minimum Gasteiger partial charge on any atom is -0.496 e. The Morgan fingerprint density at radius 2 is 1.75 bits per heavy atom. The average molecular weight is 271 g/mol. The smallest absolute Gasteiger partial charge is 0.126 e. The molecular weight excluding hydrogens is 246 g/mol. The molecule has 2 rings (SSSR count). The van der Waals surface area contributed by atoms with E-state index in [4.69, 9.17) is 4.74 Å². The lowest BCUT2D eigenvalue weighted by Crippen LogP contribution is -2.28. The van der Waals surface area contributed by atoms with Gasteiger partial charge in [0.05, 0.1) is 7.11 Å². The van der Waals surface area contributed by atoms with E-state index in [0.717, 1.165) is 18.8 Å². The summed E-state index contributed by atoms with van der Waals surface area (Å²) in [6.07, 6.45) is 1.18. The number of fused-ring (bicyclic) bond motifs is 1. The molecule has 0 bridgehead atoms. The molecule has 20 heavy (non-hydrogen) atoms. The van der Waals surface area contributed by atoms with Crippen LogP contribution >= 0.6 is 0 Å². The SMILES string of the molecule is CCC(C)(C)CNCc1ccc(OC)c2ccccc12. The van der Waals surface area contributed by atoms with E-state index in [0.29, 0.717) is 5.41 Å². The third-order valence-corrected chi connectivity index (χ3v) is 4.07. The summed E-state index contributed by atoms with van der Waals surface area (Å²) in [5.41, 5.74) is 1.68. The van der Waals surface area contributed by atoms with Gasteiger partial charge in [-0.15, -0.1) is 0 Å². The van der Waals surface area contributed by atoms with Gasteiger partial charge >= 0.3 is 0 Å². The number of rotatable bonds is 6. The minimum absolute atomic E-state index is 0.349. The van der Waals surface area contributed by atoms with Gasteiger partial charge in [-0.05, 0) is 28.9 Å². The van der Waals surface area contributed by atoms with Gasteiger partial charge in [0.15, 0.2) is 0 Å². The molecule has 0 amide bonds. The van der Waals surface area contributed by atoms with E-state index in [1.165, 1.54) is 22.8 Å². The zero-order chi connectivity index (χ0) is 14.6. The first-order chi connectivity index (χ1) is 9.57. The number of hydrogen-bond acceptors (Lipinski definition) is 2. The van der Waals surface area contributed by atoms with Crippen LogP contribution in [-0.2, 0) is 6.54 Å². The summed E-state index contributed by atoms with van der Waals surface area (Å²) >= 11 is 0. The highest BCUT2D eigenvalue weighted by atomic mass is 16.5. The zero-order valence-electron chi connectivity index (χ0n) is 13.0. The quantitative estimate of drug-likeness (QED) is 0.842. The minimum atomic E-state index is 0.349. The van der Waals surface area contributed by atoms with Crippen LogP contribution in [0.5, 0.6) is 5.75 Å². The molecule has 0 aliphatic carbocycles. The van der Waals surface area contributed by atoms with Crippen LogP contribution < -0.4 is 10.1 Å². The van der Waals surface area contributed by atoms with Crippen molar-refractivity contribution in [2.24, 2.45) is 5.41 Å². The summed E-state index contributed by atoms with van der Waals surface area (Å²) < 4.78 is 5.44. The van der Waals surface area contributed by atoms with Crippen LogP contribution in [0.1, 0.15) is 32.8 Å². The van der Waals surface area contributed by atoms with Crippen molar-refractivity contribution in [3.05, 3.63) is 42.0 Å². The summed E-state index contributed by atoms with van der Waals surface area (Å²) in [7, 11) is 1.73. The first kappa shape index (κ1) is 14.9. The summed E-state index contributed by atoms with van der Waals surface area (Å²) in [5.74, 6) is 0.943. The molecule has 2 aromatic carbocycles. The zero-order valence-corrected chi connectivity index (χ0v) is 13.0. The van der Waals surface area contributed by atoms with Crippen molar-refractivity contribution < 1.29 is 4.74 Å². The molecule has 2 aromatic rings. The summed E-state index contributed by atoms with van der Waals surface area (Å²) in [5, 5.41) is 6.04. The van der Waals surface area contributed by atoms with Gasteiger partial charge in [-0.2, -0.15) is 0 Å². The number of benzene rings is 2. The molecule has 0 aliphatic rings. The molecule has 2 heteroatoms. The van der Waals surface area contributed by atoms with Crippen LogP contribution in [0, 0.1) is 5.41 Å². The summed E-state index contributed by atoms with van der Waals surface area (Å²) in [4.78, 5) is 0. The largest absolute Gasteiger partial charge is 0.496 e. The molecule has 0 aromatic heterocycles. The second-order valence-electron chi connectivity index (χ2n) is 6.09. The molecule has 1 N–H and O–H groups in total. The van der Waals surface area contributed by atoms with Crippen LogP contribution in [0.4, 0.5) is 0 Å². The van der Waals surface area contributed by atoms with Crippen molar-refractivity contribution in [3.8, 4) is 5.75 Å². The van der Waals surface area contributed by atoms with E-state index in [9.17, 15) is 0 Å². The Kier molecular flexibility index (Phi) is 4.66. The lowest BCUT2D eigenvalue weighted by atomic mass is 9.90. The van der Waals surface area contributed by atoms with E-state index < -0.39 is 0 Å². The van der Waals surface area contributed by atoms with Gasteiger partial charge in [-0.25, -0.2) is 0 Å². The molecule has 0 unspecified atom stereocenters.